The number of rotatable bonds is 8. The van der Waals surface area contributed by atoms with Crippen molar-refractivity contribution in [2.75, 3.05) is 0 Å². The summed E-state index contributed by atoms with van der Waals surface area (Å²) in [7, 11) is 0. The summed E-state index contributed by atoms with van der Waals surface area (Å²) in [5.74, 6) is 0.143. The molecule has 0 saturated carbocycles. The predicted molar refractivity (Wildman–Crippen MR) is 104 cm³/mol. The van der Waals surface area contributed by atoms with Crippen LogP contribution in [0.1, 0.15) is 16.2 Å². The van der Waals surface area contributed by atoms with Gasteiger partial charge in [0.25, 0.3) is 10.7 Å². The van der Waals surface area contributed by atoms with Crippen LogP contribution < -0.4 is 9.47 Å². The number of ketones is 1. The van der Waals surface area contributed by atoms with Gasteiger partial charge in [0.05, 0.1) is 5.02 Å². The van der Waals surface area contributed by atoms with Gasteiger partial charge >= 0.3 is 6.61 Å². The third-order valence-corrected chi connectivity index (χ3v) is 4.41. The first-order valence-corrected chi connectivity index (χ1v) is 9.21. The number of benzene rings is 2. The molecule has 0 N–H and O–H groups in total. The second-order valence-corrected chi connectivity index (χ2v) is 6.80. The highest BCUT2D eigenvalue weighted by Gasteiger charge is 2.13. The number of ether oxygens (including phenoxy) is 2. The molecular formula is C18H12Cl2F2N2O4S. The molecule has 3 aromatic rings. The summed E-state index contributed by atoms with van der Waals surface area (Å²) in [6, 6.07) is 10.0. The van der Waals surface area contributed by atoms with Crippen LogP contribution in [0.25, 0.3) is 0 Å². The fourth-order valence-corrected chi connectivity index (χ4v) is 2.95. The molecule has 0 amide bonds. The second kappa shape index (κ2) is 9.34. The van der Waals surface area contributed by atoms with E-state index in [0.29, 0.717) is 15.8 Å². The third kappa shape index (κ3) is 5.75. The van der Waals surface area contributed by atoms with Gasteiger partial charge in [-0.25, -0.2) is 4.68 Å². The van der Waals surface area contributed by atoms with Gasteiger partial charge in [0, 0.05) is 10.6 Å². The summed E-state index contributed by atoms with van der Waals surface area (Å²) in [5, 5.41) is 4.89. The number of hydrogen-bond donors (Lipinski definition) is 0. The van der Waals surface area contributed by atoms with Crippen LogP contribution in [0.3, 0.4) is 0 Å². The molecule has 0 unspecified atom stereocenters. The van der Waals surface area contributed by atoms with Crippen LogP contribution >= 0.6 is 35.4 Å². The van der Waals surface area contributed by atoms with Crippen LogP contribution in [0.2, 0.25) is 10.0 Å². The Bertz CT molecular complexity index is 1070. The molecule has 0 aliphatic rings. The zero-order valence-electron chi connectivity index (χ0n) is 14.5. The summed E-state index contributed by atoms with van der Waals surface area (Å²) in [6.07, 6.45) is 0. The fourth-order valence-electron chi connectivity index (χ4n) is 2.29. The van der Waals surface area contributed by atoms with Gasteiger partial charge in [-0.05, 0) is 54.7 Å². The van der Waals surface area contributed by atoms with E-state index in [0.717, 1.165) is 0 Å². The molecule has 0 fully saturated rings. The van der Waals surface area contributed by atoms with Gasteiger partial charge in [0.1, 0.15) is 18.0 Å². The van der Waals surface area contributed by atoms with E-state index in [-0.39, 0.29) is 41.0 Å². The molecular weight excluding hydrogens is 449 g/mol. The standard InChI is InChI=1S/C18H12Cl2F2N2O4S/c19-11-3-6-15(13(20)7-11)26-9-16-23-24(18(29)28-16)8-14(25)10-1-4-12(5-2-10)27-17(21)22/h1-7,17H,8-9H2. The van der Waals surface area contributed by atoms with E-state index in [1.165, 1.54) is 35.0 Å². The monoisotopic (exact) mass is 460 g/mol. The van der Waals surface area contributed by atoms with Gasteiger partial charge in [-0.1, -0.05) is 23.2 Å². The van der Waals surface area contributed by atoms with Gasteiger partial charge in [0.15, 0.2) is 12.4 Å². The molecule has 0 radical (unpaired) electrons. The van der Waals surface area contributed by atoms with Gasteiger partial charge in [0.2, 0.25) is 0 Å². The predicted octanol–water partition coefficient (Wildman–Crippen LogP) is 5.58. The van der Waals surface area contributed by atoms with Crippen molar-refractivity contribution in [1.82, 2.24) is 9.78 Å². The summed E-state index contributed by atoms with van der Waals surface area (Å²) in [4.78, 5) is 12.3. The molecule has 6 nitrogen and oxygen atoms in total. The fraction of sp³-hybridized carbons (Fsp3) is 0.167. The number of hydrogen-bond acceptors (Lipinski definition) is 6. The van der Waals surface area contributed by atoms with Gasteiger partial charge in [-0.2, -0.15) is 8.78 Å². The molecule has 0 aliphatic heterocycles. The lowest BCUT2D eigenvalue weighted by Crippen LogP contribution is -2.12. The largest absolute Gasteiger partial charge is 0.482 e. The number of alkyl halides is 2. The van der Waals surface area contributed by atoms with E-state index in [2.05, 4.69) is 9.84 Å². The van der Waals surface area contributed by atoms with Crippen molar-refractivity contribution in [2.45, 2.75) is 19.8 Å². The molecule has 0 bridgehead atoms. The highest BCUT2D eigenvalue weighted by atomic mass is 35.5. The first-order valence-electron chi connectivity index (χ1n) is 8.04. The molecule has 0 atom stereocenters. The summed E-state index contributed by atoms with van der Waals surface area (Å²) < 4.78 is 40.6. The summed E-state index contributed by atoms with van der Waals surface area (Å²) >= 11 is 16.9. The molecule has 29 heavy (non-hydrogen) atoms. The molecule has 2 aromatic carbocycles. The molecule has 11 heteroatoms. The molecule has 1 aromatic heterocycles. The number of carbonyl (C=O) groups excluding carboxylic acids is 1. The zero-order chi connectivity index (χ0) is 21.0. The Morgan fingerprint density at radius 2 is 1.93 bits per heavy atom. The first-order chi connectivity index (χ1) is 13.8. The van der Waals surface area contributed by atoms with Crippen molar-refractivity contribution >= 4 is 41.2 Å². The Kier molecular flexibility index (Phi) is 6.83. The van der Waals surface area contributed by atoms with Crippen molar-refractivity contribution in [3.63, 3.8) is 0 Å². The lowest BCUT2D eigenvalue weighted by Gasteiger charge is -2.06. The van der Waals surface area contributed by atoms with Crippen LogP contribution in [0.4, 0.5) is 8.78 Å². The highest BCUT2D eigenvalue weighted by Crippen LogP contribution is 2.28. The van der Waals surface area contributed by atoms with Crippen LogP contribution in [0.5, 0.6) is 11.5 Å². The van der Waals surface area contributed by atoms with Gasteiger partial charge in [-0.3, -0.25) is 4.79 Å². The number of carbonyl (C=O) groups is 1. The maximum atomic E-state index is 12.4. The van der Waals surface area contributed by atoms with Crippen molar-refractivity contribution in [3.05, 3.63) is 68.8 Å². The van der Waals surface area contributed by atoms with E-state index >= 15 is 0 Å². The molecule has 0 saturated heterocycles. The molecule has 0 spiro atoms. The number of Topliss-reactive ketones (excluding diaryl/α,β-unsaturated/α-hetero) is 1. The first kappa shape index (κ1) is 21.2. The average Bonchev–Trinajstić information content (AvgIpc) is 3.00. The maximum absolute atomic E-state index is 12.4. The maximum Gasteiger partial charge on any atom is 0.387 e. The Hall–Kier alpha value is -2.49. The number of halogens is 4. The van der Waals surface area contributed by atoms with E-state index in [9.17, 15) is 13.6 Å². The van der Waals surface area contributed by atoms with Crippen molar-refractivity contribution in [3.8, 4) is 11.5 Å². The quantitative estimate of drug-likeness (QED) is 0.323. The van der Waals surface area contributed by atoms with Crippen molar-refractivity contribution in [2.24, 2.45) is 0 Å². The number of aromatic nitrogens is 2. The van der Waals surface area contributed by atoms with E-state index in [4.69, 9.17) is 44.6 Å². The van der Waals surface area contributed by atoms with Crippen molar-refractivity contribution < 1.29 is 27.5 Å². The molecule has 152 valence electrons. The van der Waals surface area contributed by atoms with Gasteiger partial charge in [-0.15, -0.1) is 5.10 Å². The zero-order valence-corrected chi connectivity index (χ0v) is 16.8. The minimum atomic E-state index is -2.94. The molecule has 1 heterocycles. The highest BCUT2D eigenvalue weighted by molar-refractivity contribution is 7.71. The normalized spacial score (nSPS) is 10.9. The van der Waals surface area contributed by atoms with Crippen LogP contribution in [-0.2, 0) is 13.2 Å². The lowest BCUT2D eigenvalue weighted by atomic mass is 10.1. The minimum Gasteiger partial charge on any atom is -0.482 e. The second-order valence-electron chi connectivity index (χ2n) is 5.61. The van der Waals surface area contributed by atoms with E-state index in [1.807, 2.05) is 0 Å². The number of nitrogens with zero attached hydrogens (tertiary/aromatic N) is 2. The average molecular weight is 461 g/mol. The Balaban J connectivity index is 1.64. The third-order valence-electron chi connectivity index (χ3n) is 3.59. The SMILES string of the molecule is O=C(Cn1nc(COc2ccc(Cl)cc2Cl)oc1=S)c1ccc(OC(F)F)cc1. The van der Waals surface area contributed by atoms with E-state index in [1.54, 1.807) is 12.1 Å². The Morgan fingerprint density at radius 3 is 2.59 bits per heavy atom. The molecule has 3 rings (SSSR count). The molecule has 0 aliphatic carbocycles. The Morgan fingerprint density at radius 1 is 1.21 bits per heavy atom. The van der Waals surface area contributed by atoms with Crippen molar-refractivity contribution in [1.29, 1.82) is 0 Å². The van der Waals surface area contributed by atoms with Gasteiger partial charge < -0.3 is 13.9 Å². The van der Waals surface area contributed by atoms with Crippen LogP contribution in [-0.4, -0.2) is 22.2 Å². The smallest absolute Gasteiger partial charge is 0.387 e. The van der Waals surface area contributed by atoms with E-state index < -0.39 is 6.61 Å². The minimum absolute atomic E-state index is 0.0168. The summed E-state index contributed by atoms with van der Waals surface area (Å²) in [6.45, 7) is -3.20. The topological polar surface area (TPSA) is 66.5 Å². The lowest BCUT2D eigenvalue weighted by molar-refractivity contribution is -0.0498. The van der Waals surface area contributed by atoms with Crippen LogP contribution in [0, 0.1) is 4.84 Å². The Labute approximate surface area is 178 Å². The van der Waals surface area contributed by atoms with Crippen LogP contribution in [0.15, 0.2) is 46.9 Å². The summed E-state index contributed by atoms with van der Waals surface area (Å²) in [5.41, 5.74) is 0.280.